The molecule has 0 radical (unpaired) electrons. The summed E-state index contributed by atoms with van der Waals surface area (Å²) in [7, 11) is 0. The molecule has 0 saturated carbocycles. The summed E-state index contributed by atoms with van der Waals surface area (Å²) in [4.78, 5) is 19.0. The number of rotatable bonds is 8. The van der Waals surface area contributed by atoms with Crippen LogP contribution in [0.3, 0.4) is 0 Å². The highest BCUT2D eigenvalue weighted by Gasteiger charge is 2.17. The molecule has 0 saturated heterocycles. The summed E-state index contributed by atoms with van der Waals surface area (Å²) in [6, 6.07) is 17.0. The maximum Gasteiger partial charge on any atom is 0.227 e. The smallest absolute Gasteiger partial charge is 0.227 e. The lowest BCUT2D eigenvalue weighted by atomic mass is 10.1. The van der Waals surface area contributed by atoms with E-state index in [1.54, 1.807) is 17.4 Å². The van der Waals surface area contributed by atoms with E-state index >= 15 is 0 Å². The van der Waals surface area contributed by atoms with Crippen LogP contribution in [0.5, 0.6) is 5.75 Å². The van der Waals surface area contributed by atoms with Crippen LogP contribution in [0.25, 0.3) is 0 Å². The molecule has 0 N–H and O–H groups in total. The van der Waals surface area contributed by atoms with Crippen molar-refractivity contribution in [1.82, 2.24) is 9.88 Å². The molecule has 1 amide bonds. The number of pyridine rings is 1. The van der Waals surface area contributed by atoms with E-state index in [1.807, 2.05) is 61.5 Å². The van der Waals surface area contributed by atoms with Crippen molar-refractivity contribution in [2.75, 3.05) is 6.61 Å². The van der Waals surface area contributed by atoms with E-state index in [0.29, 0.717) is 26.1 Å². The second kappa shape index (κ2) is 8.85. The predicted molar refractivity (Wildman–Crippen MR) is 98.5 cm³/mol. The molecule has 2 heterocycles. The molecule has 0 atom stereocenters. The third kappa shape index (κ3) is 4.96. The fourth-order valence-electron chi connectivity index (χ4n) is 2.67. The molecule has 0 aliphatic carbocycles. The fraction of sp³-hybridized carbons (Fsp3) is 0.238. The Labute approximate surface area is 153 Å². The van der Waals surface area contributed by atoms with Crippen LogP contribution >= 0.6 is 0 Å². The van der Waals surface area contributed by atoms with Gasteiger partial charge in [0.2, 0.25) is 5.91 Å². The molecule has 3 aromatic rings. The Kier molecular flexibility index (Phi) is 6.04. The zero-order valence-corrected chi connectivity index (χ0v) is 14.8. The van der Waals surface area contributed by atoms with E-state index < -0.39 is 0 Å². The predicted octanol–water partition coefficient (Wildman–Crippen LogP) is 3.84. The summed E-state index contributed by atoms with van der Waals surface area (Å²) in [5.41, 5.74) is 1.79. The number of hydrogen-bond acceptors (Lipinski definition) is 4. The normalized spacial score (nSPS) is 10.5. The quantitative estimate of drug-likeness (QED) is 0.619. The van der Waals surface area contributed by atoms with Gasteiger partial charge in [0.1, 0.15) is 11.5 Å². The monoisotopic (exact) mass is 350 g/mol. The van der Waals surface area contributed by atoms with Crippen LogP contribution in [0.1, 0.15) is 23.9 Å². The van der Waals surface area contributed by atoms with Gasteiger partial charge in [0.25, 0.3) is 0 Å². The van der Waals surface area contributed by atoms with Crippen LogP contribution < -0.4 is 4.74 Å². The molecule has 1 aromatic carbocycles. The van der Waals surface area contributed by atoms with Crippen molar-refractivity contribution in [3.05, 3.63) is 84.1 Å². The minimum Gasteiger partial charge on any atom is -0.494 e. The highest BCUT2D eigenvalue weighted by atomic mass is 16.5. The highest BCUT2D eigenvalue weighted by Crippen LogP contribution is 2.15. The number of carbonyl (C=O) groups excluding carboxylic acids is 1. The van der Waals surface area contributed by atoms with E-state index in [1.165, 1.54) is 0 Å². The van der Waals surface area contributed by atoms with Crippen LogP contribution in [0.2, 0.25) is 0 Å². The average molecular weight is 350 g/mol. The summed E-state index contributed by atoms with van der Waals surface area (Å²) in [5, 5.41) is 0. The van der Waals surface area contributed by atoms with E-state index in [9.17, 15) is 4.79 Å². The average Bonchev–Trinajstić information content (AvgIpc) is 3.17. The molecular weight excluding hydrogens is 328 g/mol. The first-order valence-electron chi connectivity index (χ1n) is 8.66. The topological polar surface area (TPSA) is 55.6 Å². The molecule has 0 unspecified atom stereocenters. The minimum atomic E-state index is 0.0243. The lowest BCUT2D eigenvalue weighted by Crippen LogP contribution is -2.31. The first-order chi connectivity index (χ1) is 12.7. The SMILES string of the molecule is CCOc1ccc(CC(=O)N(Cc2ccccn2)Cc2ccco2)cc1. The number of carbonyl (C=O) groups is 1. The Balaban J connectivity index is 1.71. The number of nitrogens with zero attached hydrogens (tertiary/aromatic N) is 2. The maximum atomic E-state index is 12.9. The number of ether oxygens (including phenoxy) is 1. The van der Waals surface area contributed by atoms with Gasteiger partial charge >= 0.3 is 0 Å². The Morgan fingerprint density at radius 1 is 1.08 bits per heavy atom. The summed E-state index contributed by atoms with van der Waals surface area (Å²) in [5.74, 6) is 1.59. The van der Waals surface area contributed by atoms with Gasteiger partial charge in [-0.15, -0.1) is 0 Å². The Hall–Kier alpha value is -3.08. The van der Waals surface area contributed by atoms with Crippen molar-refractivity contribution < 1.29 is 13.9 Å². The van der Waals surface area contributed by atoms with Gasteiger partial charge in [0, 0.05) is 6.20 Å². The highest BCUT2D eigenvalue weighted by molar-refractivity contribution is 5.78. The molecule has 0 bridgehead atoms. The summed E-state index contributed by atoms with van der Waals surface area (Å²) >= 11 is 0. The van der Waals surface area contributed by atoms with Crippen molar-refractivity contribution in [1.29, 1.82) is 0 Å². The maximum absolute atomic E-state index is 12.9. The Bertz CT molecular complexity index is 799. The standard InChI is InChI=1S/C21H22N2O3/c1-2-25-19-10-8-17(9-11-19)14-21(24)23(16-20-7-5-13-26-20)15-18-6-3-4-12-22-18/h3-13H,2,14-16H2,1H3. The van der Waals surface area contributed by atoms with Crippen LogP contribution in [-0.2, 0) is 24.3 Å². The molecule has 0 aliphatic rings. The first kappa shape index (κ1) is 17.7. The van der Waals surface area contributed by atoms with E-state index in [0.717, 1.165) is 22.8 Å². The molecule has 3 rings (SSSR count). The lowest BCUT2D eigenvalue weighted by molar-refractivity contribution is -0.132. The molecule has 0 spiro atoms. The molecule has 0 aliphatic heterocycles. The lowest BCUT2D eigenvalue weighted by Gasteiger charge is -2.21. The van der Waals surface area contributed by atoms with E-state index in [4.69, 9.17) is 9.15 Å². The van der Waals surface area contributed by atoms with Gasteiger partial charge in [0.05, 0.1) is 38.1 Å². The number of aromatic nitrogens is 1. The van der Waals surface area contributed by atoms with Crippen molar-refractivity contribution in [3.63, 3.8) is 0 Å². The Morgan fingerprint density at radius 2 is 1.92 bits per heavy atom. The van der Waals surface area contributed by atoms with Gasteiger partial charge in [-0.3, -0.25) is 9.78 Å². The first-order valence-corrected chi connectivity index (χ1v) is 8.66. The van der Waals surface area contributed by atoms with Crippen LogP contribution in [0, 0.1) is 0 Å². The molecule has 0 fully saturated rings. The van der Waals surface area contributed by atoms with Crippen LogP contribution in [0.4, 0.5) is 0 Å². The summed E-state index contributed by atoms with van der Waals surface area (Å²) in [6.07, 6.45) is 3.67. The fourth-order valence-corrected chi connectivity index (χ4v) is 2.67. The molecule has 5 heteroatoms. The number of benzene rings is 1. The number of amides is 1. The molecule has 134 valence electrons. The van der Waals surface area contributed by atoms with Crippen molar-refractivity contribution in [2.24, 2.45) is 0 Å². The second-order valence-corrected chi connectivity index (χ2v) is 5.90. The van der Waals surface area contributed by atoms with E-state index in [2.05, 4.69) is 4.98 Å². The second-order valence-electron chi connectivity index (χ2n) is 5.90. The molecular formula is C21H22N2O3. The third-order valence-electron chi connectivity index (χ3n) is 3.95. The number of furan rings is 1. The molecule has 5 nitrogen and oxygen atoms in total. The van der Waals surface area contributed by atoms with Gasteiger partial charge in [-0.05, 0) is 48.9 Å². The van der Waals surface area contributed by atoms with Gasteiger partial charge < -0.3 is 14.1 Å². The van der Waals surface area contributed by atoms with Gasteiger partial charge in [-0.25, -0.2) is 0 Å². The minimum absolute atomic E-state index is 0.0243. The van der Waals surface area contributed by atoms with E-state index in [-0.39, 0.29) is 5.91 Å². The summed E-state index contributed by atoms with van der Waals surface area (Å²) in [6.45, 7) is 3.43. The molecule has 26 heavy (non-hydrogen) atoms. The van der Waals surface area contributed by atoms with Crippen molar-refractivity contribution >= 4 is 5.91 Å². The Morgan fingerprint density at radius 3 is 2.58 bits per heavy atom. The van der Waals surface area contributed by atoms with Crippen LogP contribution in [-0.4, -0.2) is 22.4 Å². The van der Waals surface area contributed by atoms with Crippen molar-refractivity contribution in [2.45, 2.75) is 26.4 Å². The zero-order valence-electron chi connectivity index (χ0n) is 14.8. The van der Waals surface area contributed by atoms with Crippen molar-refractivity contribution in [3.8, 4) is 5.75 Å². The third-order valence-corrected chi connectivity index (χ3v) is 3.95. The van der Waals surface area contributed by atoms with Crippen LogP contribution in [0.15, 0.2) is 71.5 Å². The molecule has 2 aromatic heterocycles. The van der Waals surface area contributed by atoms with Gasteiger partial charge in [-0.1, -0.05) is 18.2 Å². The zero-order chi connectivity index (χ0) is 18.2. The summed E-state index contributed by atoms with van der Waals surface area (Å²) < 4.78 is 10.9. The van der Waals surface area contributed by atoms with Gasteiger partial charge in [-0.2, -0.15) is 0 Å². The largest absolute Gasteiger partial charge is 0.494 e. The number of hydrogen-bond donors (Lipinski definition) is 0. The van der Waals surface area contributed by atoms with Gasteiger partial charge in [0.15, 0.2) is 0 Å².